The minimum Gasteiger partial charge on any atom is -0.350 e. The molecule has 1 saturated carbocycles. The summed E-state index contributed by atoms with van der Waals surface area (Å²) in [6.45, 7) is 7.96. The predicted octanol–water partition coefficient (Wildman–Crippen LogP) is 2.50. The minimum atomic E-state index is -0.0254. The quantitative estimate of drug-likeness (QED) is 0.689. The summed E-state index contributed by atoms with van der Waals surface area (Å²) in [6, 6.07) is 0.370. The van der Waals surface area contributed by atoms with E-state index in [1.54, 1.807) is 0 Å². The fraction of sp³-hybridized carbons (Fsp3) is 0.750. The number of hydrogen-bond donors (Lipinski definition) is 1. The average Bonchev–Trinajstić information content (AvgIpc) is 2.18. The molecule has 0 aromatic rings. The molecule has 2 unspecified atom stereocenters. The summed E-state index contributed by atoms with van der Waals surface area (Å²) in [5.74, 6) is 1.28. The number of amides is 1. The molecular formula is C12H21NO. The van der Waals surface area contributed by atoms with E-state index in [1.807, 2.05) is 0 Å². The van der Waals surface area contributed by atoms with E-state index in [0.717, 1.165) is 6.42 Å². The Morgan fingerprint density at radius 3 is 2.64 bits per heavy atom. The lowest BCUT2D eigenvalue weighted by Crippen LogP contribution is -2.43. The van der Waals surface area contributed by atoms with Gasteiger partial charge in [-0.3, -0.25) is 4.79 Å². The van der Waals surface area contributed by atoms with Crippen molar-refractivity contribution in [1.82, 2.24) is 5.32 Å². The minimum absolute atomic E-state index is 0.0254. The Morgan fingerprint density at radius 2 is 2.07 bits per heavy atom. The maximum atomic E-state index is 11.2. The van der Waals surface area contributed by atoms with Gasteiger partial charge in [-0.1, -0.05) is 33.3 Å². The molecule has 1 aliphatic carbocycles. The van der Waals surface area contributed by atoms with Crippen molar-refractivity contribution in [2.75, 3.05) is 0 Å². The lowest BCUT2D eigenvalue weighted by molar-refractivity contribution is -0.117. The monoisotopic (exact) mass is 195 g/mol. The number of carbonyl (C=O) groups excluding carboxylic acids is 1. The summed E-state index contributed by atoms with van der Waals surface area (Å²) in [6.07, 6.45) is 6.29. The average molecular weight is 195 g/mol. The predicted molar refractivity (Wildman–Crippen MR) is 58.9 cm³/mol. The van der Waals surface area contributed by atoms with E-state index in [-0.39, 0.29) is 5.91 Å². The molecule has 1 fully saturated rings. The Kier molecular flexibility index (Phi) is 4.18. The molecule has 0 spiro atoms. The van der Waals surface area contributed by atoms with Crippen LogP contribution in [-0.4, -0.2) is 11.9 Å². The number of rotatable bonds is 3. The fourth-order valence-electron chi connectivity index (χ4n) is 2.38. The van der Waals surface area contributed by atoms with Crippen molar-refractivity contribution in [3.63, 3.8) is 0 Å². The molecule has 14 heavy (non-hydrogen) atoms. The summed E-state index contributed by atoms with van der Waals surface area (Å²) in [5, 5.41) is 3.04. The molecule has 80 valence electrons. The normalized spacial score (nSPS) is 27.4. The third kappa shape index (κ3) is 2.86. The van der Waals surface area contributed by atoms with Gasteiger partial charge in [0.05, 0.1) is 0 Å². The molecule has 0 saturated heterocycles. The fourth-order valence-corrected chi connectivity index (χ4v) is 2.38. The highest BCUT2D eigenvalue weighted by Crippen LogP contribution is 2.30. The Balaban J connectivity index is 2.53. The van der Waals surface area contributed by atoms with Crippen LogP contribution in [0.3, 0.4) is 0 Å². The Hall–Kier alpha value is -0.790. The third-order valence-electron chi connectivity index (χ3n) is 3.19. The van der Waals surface area contributed by atoms with Crippen molar-refractivity contribution in [3.8, 4) is 0 Å². The van der Waals surface area contributed by atoms with Crippen LogP contribution in [0.2, 0.25) is 0 Å². The van der Waals surface area contributed by atoms with Crippen LogP contribution in [0.4, 0.5) is 0 Å². The molecule has 2 heteroatoms. The van der Waals surface area contributed by atoms with Crippen LogP contribution in [0.5, 0.6) is 0 Å². The molecule has 2 nitrogen and oxygen atoms in total. The van der Waals surface area contributed by atoms with E-state index >= 15 is 0 Å². The van der Waals surface area contributed by atoms with Crippen LogP contribution in [0.15, 0.2) is 12.7 Å². The maximum Gasteiger partial charge on any atom is 0.243 e. The van der Waals surface area contributed by atoms with E-state index < -0.39 is 0 Å². The molecule has 0 aromatic heterocycles. The zero-order valence-electron chi connectivity index (χ0n) is 9.25. The highest BCUT2D eigenvalue weighted by Gasteiger charge is 2.27. The van der Waals surface area contributed by atoms with Crippen molar-refractivity contribution in [3.05, 3.63) is 12.7 Å². The lowest BCUT2D eigenvalue weighted by Gasteiger charge is -2.34. The molecule has 0 bridgehead atoms. The van der Waals surface area contributed by atoms with Crippen LogP contribution in [-0.2, 0) is 4.79 Å². The van der Waals surface area contributed by atoms with Gasteiger partial charge in [0, 0.05) is 6.04 Å². The van der Waals surface area contributed by atoms with Crippen molar-refractivity contribution in [2.45, 2.75) is 45.6 Å². The smallest absolute Gasteiger partial charge is 0.243 e. The lowest BCUT2D eigenvalue weighted by atomic mass is 9.78. The van der Waals surface area contributed by atoms with Gasteiger partial charge in [0.25, 0.3) is 0 Å². The summed E-state index contributed by atoms with van der Waals surface area (Å²) in [5.41, 5.74) is 0. The number of hydrogen-bond acceptors (Lipinski definition) is 1. The second kappa shape index (κ2) is 5.18. The first-order chi connectivity index (χ1) is 6.65. The summed E-state index contributed by atoms with van der Waals surface area (Å²) in [7, 11) is 0. The highest BCUT2D eigenvalue weighted by atomic mass is 16.1. The molecule has 1 N–H and O–H groups in total. The van der Waals surface area contributed by atoms with E-state index in [2.05, 4.69) is 25.7 Å². The largest absolute Gasteiger partial charge is 0.350 e. The number of carbonyl (C=O) groups is 1. The molecule has 0 aliphatic heterocycles. The van der Waals surface area contributed by atoms with Crippen LogP contribution in [0.1, 0.15) is 39.5 Å². The maximum absolute atomic E-state index is 11.2. The van der Waals surface area contributed by atoms with E-state index in [9.17, 15) is 4.79 Å². The third-order valence-corrected chi connectivity index (χ3v) is 3.19. The first kappa shape index (κ1) is 11.3. The zero-order chi connectivity index (χ0) is 10.6. The van der Waals surface area contributed by atoms with Crippen LogP contribution in [0, 0.1) is 11.8 Å². The molecule has 0 aromatic carbocycles. The van der Waals surface area contributed by atoms with Gasteiger partial charge in [-0.05, 0) is 30.8 Å². The van der Waals surface area contributed by atoms with Gasteiger partial charge in [0.15, 0.2) is 0 Å². The van der Waals surface area contributed by atoms with Gasteiger partial charge in [0.1, 0.15) is 0 Å². The van der Waals surface area contributed by atoms with E-state index in [1.165, 1.54) is 25.3 Å². The summed E-state index contributed by atoms with van der Waals surface area (Å²) >= 11 is 0. The molecule has 1 amide bonds. The standard InChI is InChI=1S/C12H21NO/c1-4-12(14)13-11-8-6-5-7-10(11)9(2)3/h4,9-11H,1,5-8H2,2-3H3,(H,13,14). The summed E-state index contributed by atoms with van der Waals surface area (Å²) in [4.78, 5) is 11.2. The Morgan fingerprint density at radius 1 is 1.43 bits per heavy atom. The van der Waals surface area contributed by atoms with E-state index in [4.69, 9.17) is 0 Å². The second-order valence-electron chi connectivity index (χ2n) is 4.51. The first-order valence-electron chi connectivity index (χ1n) is 5.58. The highest BCUT2D eigenvalue weighted by molar-refractivity contribution is 5.87. The molecule has 1 rings (SSSR count). The van der Waals surface area contributed by atoms with Gasteiger partial charge >= 0.3 is 0 Å². The topological polar surface area (TPSA) is 29.1 Å². The van der Waals surface area contributed by atoms with Crippen LogP contribution in [0.25, 0.3) is 0 Å². The molecule has 1 aliphatic rings. The second-order valence-corrected chi connectivity index (χ2v) is 4.51. The van der Waals surface area contributed by atoms with Crippen molar-refractivity contribution >= 4 is 5.91 Å². The summed E-state index contributed by atoms with van der Waals surface area (Å²) < 4.78 is 0. The molecule has 0 heterocycles. The van der Waals surface area contributed by atoms with Crippen LogP contribution >= 0.6 is 0 Å². The molecular weight excluding hydrogens is 174 g/mol. The van der Waals surface area contributed by atoms with Gasteiger partial charge < -0.3 is 5.32 Å². The zero-order valence-corrected chi connectivity index (χ0v) is 9.25. The van der Waals surface area contributed by atoms with E-state index in [0.29, 0.717) is 17.9 Å². The SMILES string of the molecule is C=CC(=O)NC1CCCCC1C(C)C. The van der Waals surface area contributed by atoms with Gasteiger partial charge in [-0.15, -0.1) is 0 Å². The number of nitrogens with one attached hydrogen (secondary N) is 1. The van der Waals surface area contributed by atoms with Crippen molar-refractivity contribution < 1.29 is 4.79 Å². The van der Waals surface area contributed by atoms with Crippen molar-refractivity contribution in [2.24, 2.45) is 11.8 Å². The molecule has 2 atom stereocenters. The Labute approximate surface area is 86.8 Å². The van der Waals surface area contributed by atoms with Gasteiger partial charge in [-0.25, -0.2) is 0 Å². The van der Waals surface area contributed by atoms with Crippen molar-refractivity contribution in [1.29, 1.82) is 0 Å². The molecule has 0 radical (unpaired) electrons. The van der Waals surface area contributed by atoms with Gasteiger partial charge in [0.2, 0.25) is 5.91 Å². The Bertz CT molecular complexity index is 210. The van der Waals surface area contributed by atoms with Gasteiger partial charge in [-0.2, -0.15) is 0 Å². The first-order valence-corrected chi connectivity index (χ1v) is 5.58. The van der Waals surface area contributed by atoms with Crippen LogP contribution < -0.4 is 5.32 Å².